The van der Waals surface area contributed by atoms with E-state index in [1.165, 1.54) is 38.9 Å². The van der Waals surface area contributed by atoms with Gasteiger partial charge in [0.2, 0.25) is 0 Å². The van der Waals surface area contributed by atoms with Crippen LogP contribution >= 0.6 is 0 Å². The highest BCUT2D eigenvalue weighted by atomic mass is 15.1. The van der Waals surface area contributed by atoms with Gasteiger partial charge in [-0.1, -0.05) is 20.3 Å². The van der Waals surface area contributed by atoms with Crippen LogP contribution in [0.3, 0.4) is 0 Å². The Kier molecular flexibility index (Phi) is 4.74. The summed E-state index contributed by atoms with van der Waals surface area (Å²) in [5.74, 6) is 0.893. The number of nitrogens with one attached hydrogen (secondary N) is 1. The Bertz CT molecular complexity index is 132. The molecule has 0 bridgehead atoms. The summed E-state index contributed by atoms with van der Waals surface area (Å²) >= 11 is 0. The lowest BCUT2D eigenvalue weighted by Crippen LogP contribution is -2.37. The molecule has 1 fully saturated rings. The number of hydrogen-bond acceptors (Lipinski definition) is 2. The summed E-state index contributed by atoms with van der Waals surface area (Å²) in [5.41, 5.74) is 0. The minimum Gasteiger partial charge on any atom is -0.317 e. The Labute approximate surface area is 82.7 Å². The van der Waals surface area contributed by atoms with Gasteiger partial charge in [-0.15, -0.1) is 0 Å². The van der Waals surface area contributed by atoms with E-state index < -0.39 is 0 Å². The van der Waals surface area contributed by atoms with E-state index in [9.17, 15) is 0 Å². The SMILES string of the molecule is CCN(CC)CC1CCCC1NC. The molecule has 0 radical (unpaired) electrons. The van der Waals surface area contributed by atoms with Gasteiger partial charge in [0, 0.05) is 12.6 Å². The zero-order chi connectivity index (χ0) is 9.68. The van der Waals surface area contributed by atoms with E-state index in [-0.39, 0.29) is 0 Å². The third-order valence-electron chi connectivity index (χ3n) is 3.42. The Balaban J connectivity index is 2.33. The largest absolute Gasteiger partial charge is 0.317 e. The normalized spacial score (nSPS) is 28.6. The van der Waals surface area contributed by atoms with Gasteiger partial charge in [0.25, 0.3) is 0 Å². The second-order valence-corrected chi connectivity index (χ2v) is 4.07. The topological polar surface area (TPSA) is 15.3 Å². The van der Waals surface area contributed by atoms with Crippen LogP contribution in [0.5, 0.6) is 0 Å². The molecule has 0 aromatic carbocycles. The first-order valence-electron chi connectivity index (χ1n) is 5.71. The molecular formula is C11H24N2. The molecule has 0 saturated heterocycles. The predicted octanol–water partition coefficient (Wildman–Crippen LogP) is 1.72. The maximum absolute atomic E-state index is 3.44. The summed E-state index contributed by atoms with van der Waals surface area (Å²) in [6, 6.07) is 0.778. The van der Waals surface area contributed by atoms with Gasteiger partial charge in [0.05, 0.1) is 0 Å². The van der Waals surface area contributed by atoms with E-state index in [0.717, 1.165) is 12.0 Å². The molecule has 0 heterocycles. The maximum atomic E-state index is 3.44. The van der Waals surface area contributed by atoms with Gasteiger partial charge >= 0.3 is 0 Å². The molecule has 0 aliphatic heterocycles. The first kappa shape index (κ1) is 11.0. The molecule has 1 aliphatic rings. The van der Waals surface area contributed by atoms with Crippen molar-refractivity contribution in [3.8, 4) is 0 Å². The summed E-state index contributed by atoms with van der Waals surface area (Å²) in [6.07, 6.45) is 4.21. The van der Waals surface area contributed by atoms with Crippen LogP contribution < -0.4 is 5.32 Å². The van der Waals surface area contributed by atoms with Crippen molar-refractivity contribution in [3.05, 3.63) is 0 Å². The predicted molar refractivity (Wildman–Crippen MR) is 58.0 cm³/mol. The highest BCUT2D eigenvalue weighted by Gasteiger charge is 2.26. The Morgan fingerprint density at radius 1 is 1.23 bits per heavy atom. The lowest BCUT2D eigenvalue weighted by Gasteiger charge is -2.26. The van der Waals surface area contributed by atoms with E-state index in [2.05, 4.69) is 31.1 Å². The van der Waals surface area contributed by atoms with E-state index in [0.29, 0.717) is 0 Å². The van der Waals surface area contributed by atoms with Gasteiger partial charge < -0.3 is 10.2 Å². The fourth-order valence-corrected chi connectivity index (χ4v) is 2.45. The van der Waals surface area contributed by atoms with Crippen molar-refractivity contribution in [3.63, 3.8) is 0 Å². The zero-order valence-electron chi connectivity index (χ0n) is 9.34. The van der Waals surface area contributed by atoms with Crippen LogP contribution in [0, 0.1) is 5.92 Å². The van der Waals surface area contributed by atoms with E-state index in [1.54, 1.807) is 0 Å². The first-order valence-corrected chi connectivity index (χ1v) is 5.71. The lowest BCUT2D eigenvalue weighted by atomic mass is 10.0. The highest BCUT2D eigenvalue weighted by molar-refractivity contribution is 4.83. The van der Waals surface area contributed by atoms with E-state index >= 15 is 0 Å². The Morgan fingerprint density at radius 2 is 1.92 bits per heavy atom. The van der Waals surface area contributed by atoms with Crippen LogP contribution in [0.25, 0.3) is 0 Å². The highest BCUT2D eigenvalue weighted by Crippen LogP contribution is 2.25. The molecule has 2 atom stereocenters. The van der Waals surface area contributed by atoms with Gasteiger partial charge in [-0.05, 0) is 38.9 Å². The van der Waals surface area contributed by atoms with Crippen LogP contribution in [-0.2, 0) is 0 Å². The van der Waals surface area contributed by atoms with E-state index in [1.807, 2.05) is 0 Å². The number of nitrogens with zero attached hydrogens (tertiary/aromatic N) is 1. The fraction of sp³-hybridized carbons (Fsp3) is 1.00. The van der Waals surface area contributed by atoms with Crippen molar-refractivity contribution >= 4 is 0 Å². The van der Waals surface area contributed by atoms with Crippen molar-refractivity contribution in [2.45, 2.75) is 39.2 Å². The maximum Gasteiger partial charge on any atom is 0.0104 e. The standard InChI is InChI=1S/C11H24N2/c1-4-13(5-2)9-10-7-6-8-11(10)12-3/h10-12H,4-9H2,1-3H3. The fourth-order valence-electron chi connectivity index (χ4n) is 2.45. The molecule has 1 aliphatic carbocycles. The second-order valence-electron chi connectivity index (χ2n) is 4.07. The molecule has 2 unspecified atom stereocenters. The average Bonchev–Trinajstić information content (AvgIpc) is 2.61. The van der Waals surface area contributed by atoms with Crippen LogP contribution in [0.2, 0.25) is 0 Å². The molecule has 2 heteroatoms. The molecule has 1 saturated carbocycles. The molecule has 1 N–H and O–H groups in total. The molecule has 1 rings (SSSR count). The molecule has 0 amide bonds. The third-order valence-corrected chi connectivity index (χ3v) is 3.42. The summed E-state index contributed by atoms with van der Waals surface area (Å²) in [7, 11) is 2.10. The van der Waals surface area contributed by atoms with Crippen molar-refractivity contribution in [1.29, 1.82) is 0 Å². The lowest BCUT2D eigenvalue weighted by molar-refractivity contribution is 0.235. The molecule has 13 heavy (non-hydrogen) atoms. The van der Waals surface area contributed by atoms with Gasteiger partial charge in [0.1, 0.15) is 0 Å². The van der Waals surface area contributed by atoms with Crippen LogP contribution in [-0.4, -0.2) is 37.6 Å². The van der Waals surface area contributed by atoms with E-state index in [4.69, 9.17) is 0 Å². The van der Waals surface area contributed by atoms with Gasteiger partial charge in [0.15, 0.2) is 0 Å². The van der Waals surface area contributed by atoms with Gasteiger partial charge in [-0.3, -0.25) is 0 Å². The smallest absolute Gasteiger partial charge is 0.0104 e. The molecule has 0 aromatic rings. The Hall–Kier alpha value is -0.0800. The van der Waals surface area contributed by atoms with Crippen LogP contribution in [0.4, 0.5) is 0 Å². The second kappa shape index (κ2) is 5.61. The minimum absolute atomic E-state index is 0.778. The van der Waals surface area contributed by atoms with Crippen LogP contribution in [0.15, 0.2) is 0 Å². The summed E-state index contributed by atoms with van der Waals surface area (Å²) in [5, 5.41) is 3.44. The zero-order valence-corrected chi connectivity index (χ0v) is 9.34. The summed E-state index contributed by atoms with van der Waals surface area (Å²) < 4.78 is 0. The monoisotopic (exact) mass is 184 g/mol. The summed E-state index contributed by atoms with van der Waals surface area (Å²) in [6.45, 7) is 8.20. The molecule has 0 spiro atoms. The minimum atomic E-state index is 0.778. The van der Waals surface area contributed by atoms with Crippen molar-refractivity contribution in [2.75, 3.05) is 26.7 Å². The number of rotatable bonds is 5. The van der Waals surface area contributed by atoms with Gasteiger partial charge in [-0.2, -0.15) is 0 Å². The van der Waals surface area contributed by atoms with Crippen molar-refractivity contribution < 1.29 is 0 Å². The average molecular weight is 184 g/mol. The molecule has 2 nitrogen and oxygen atoms in total. The molecule has 0 aromatic heterocycles. The van der Waals surface area contributed by atoms with Crippen molar-refractivity contribution in [1.82, 2.24) is 10.2 Å². The third kappa shape index (κ3) is 2.96. The summed E-state index contributed by atoms with van der Waals surface area (Å²) in [4.78, 5) is 2.54. The quantitative estimate of drug-likeness (QED) is 0.700. The Morgan fingerprint density at radius 3 is 2.46 bits per heavy atom. The van der Waals surface area contributed by atoms with Gasteiger partial charge in [-0.25, -0.2) is 0 Å². The number of hydrogen-bond donors (Lipinski definition) is 1. The van der Waals surface area contributed by atoms with Crippen LogP contribution in [0.1, 0.15) is 33.1 Å². The molecular weight excluding hydrogens is 160 g/mol. The van der Waals surface area contributed by atoms with Crippen molar-refractivity contribution in [2.24, 2.45) is 5.92 Å². The molecule has 78 valence electrons. The first-order chi connectivity index (χ1) is 6.31.